The number of hydrogen-bond donors (Lipinski definition) is 2. The van der Waals surface area contributed by atoms with Crippen molar-refractivity contribution in [2.24, 2.45) is 17.6 Å². The Labute approximate surface area is 166 Å². The molecule has 1 fully saturated rings. The van der Waals surface area contributed by atoms with Crippen molar-refractivity contribution in [3.8, 4) is 5.75 Å². The Balaban J connectivity index is 1.79. The maximum absolute atomic E-state index is 12.7. The third-order valence-corrected chi connectivity index (χ3v) is 6.16. The van der Waals surface area contributed by atoms with E-state index in [1.54, 1.807) is 10.6 Å². The summed E-state index contributed by atoms with van der Waals surface area (Å²) in [6.45, 7) is 4.09. The lowest BCUT2D eigenvalue weighted by Gasteiger charge is -2.25. The molecule has 2 aliphatic rings. The maximum Gasteiger partial charge on any atom is 0.511 e. The normalized spacial score (nSPS) is 23.8. The monoisotopic (exact) mass is 403 g/mol. The first-order chi connectivity index (χ1) is 13.4. The standard InChI is InChI=1S/C20H22ClN3O4/c1-2-23-10-16(28-20(26)27)19(25)12-6-7-15(17(21)18(12)23)24-8-11-4-3-5-14(22)13(11)9-24/h3,5-7,10-11,13-14H,2,4,8-9,22H2,1H3,(H,26,27). The van der Waals surface area contributed by atoms with Crippen LogP contribution in [0.15, 0.2) is 35.3 Å². The van der Waals surface area contributed by atoms with Crippen LogP contribution in [-0.4, -0.2) is 35.0 Å². The summed E-state index contributed by atoms with van der Waals surface area (Å²) >= 11 is 6.76. The molecule has 0 amide bonds. The van der Waals surface area contributed by atoms with E-state index in [4.69, 9.17) is 22.4 Å². The van der Waals surface area contributed by atoms with E-state index in [0.29, 0.717) is 34.3 Å². The Morgan fingerprint density at radius 2 is 2.18 bits per heavy atom. The van der Waals surface area contributed by atoms with E-state index >= 15 is 0 Å². The van der Waals surface area contributed by atoms with Crippen LogP contribution in [0.2, 0.25) is 5.02 Å². The summed E-state index contributed by atoms with van der Waals surface area (Å²) in [5, 5.41) is 9.70. The van der Waals surface area contributed by atoms with Crippen molar-refractivity contribution < 1.29 is 14.6 Å². The zero-order chi connectivity index (χ0) is 20.0. The number of hydrogen-bond acceptors (Lipinski definition) is 5. The first-order valence-corrected chi connectivity index (χ1v) is 9.72. The number of anilines is 1. The fourth-order valence-corrected chi connectivity index (χ4v) is 4.80. The predicted octanol–water partition coefficient (Wildman–Crippen LogP) is 3.07. The molecular formula is C20H22ClN3O4. The number of benzene rings is 1. The van der Waals surface area contributed by atoms with E-state index in [0.717, 1.165) is 25.2 Å². The van der Waals surface area contributed by atoms with Crippen LogP contribution in [0.3, 0.4) is 0 Å². The summed E-state index contributed by atoms with van der Waals surface area (Å²) in [6.07, 6.45) is 5.11. The first-order valence-electron chi connectivity index (χ1n) is 9.34. The second-order valence-corrected chi connectivity index (χ2v) is 7.72. The lowest BCUT2D eigenvalue weighted by molar-refractivity contribution is 0.144. The van der Waals surface area contributed by atoms with Gasteiger partial charge in [-0.15, -0.1) is 0 Å². The van der Waals surface area contributed by atoms with Crippen molar-refractivity contribution in [3.05, 3.63) is 45.7 Å². The molecule has 148 valence electrons. The molecule has 1 aliphatic heterocycles. The number of carboxylic acid groups (broad SMARTS) is 1. The van der Waals surface area contributed by atoms with Crippen LogP contribution in [0.5, 0.6) is 5.75 Å². The Kier molecular flexibility index (Phi) is 4.81. The fraction of sp³-hybridized carbons (Fsp3) is 0.400. The van der Waals surface area contributed by atoms with Gasteiger partial charge in [0.05, 0.1) is 27.8 Å². The third kappa shape index (κ3) is 3.04. The average Bonchev–Trinajstić information content (AvgIpc) is 3.09. The van der Waals surface area contributed by atoms with Crippen LogP contribution in [0.25, 0.3) is 10.9 Å². The molecule has 1 aromatic carbocycles. The van der Waals surface area contributed by atoms with Gasteiger partial charge in [-0.3, -0.25) is 4.79 Å². The largest absolute Gasteiger partial charge is 0.511 e. The Hall–Kier alpha value is -2.51. The molecule has 8 heteroatoms. The second kappa shape index (κ2) is 7.14. The molecule has 1 aliphatic carbocycles. The summed E-state index contributed by atoms with van der Waals surface area (Å²) < 4.78 is 6.40. The van der Waals surface area contributed by atoms with Crippen LogP contribution in [0, 0.1) is 11.8 Å². The van der Waals surface area contributed by atoms with Crippen LogP contribution < -0.4 is 20.8 Å². The number of nitrogens with zero attached hydrogens (tertiary/aromatic N) is 2. The Morgan fingerprint density at radius 1 is 1.39 bits per heavy atom. The fourth-order valence-electron chi connectivity index (χ4n) is 4.41. The lowest BCUT2D eigenvalue weighted by Crippen LogP contribution is -2.35. The number of aryl methyl sites for hydroxylation is 1. The van der Waals surface area contributed by atoms with Gasteiger partial charge < -0.3 is 25.0 Å². The van der Waals surface area contributed by atoms with Gasteiger partial charge >= 0.3 is 6.16 Å². The molecule has 2 heterocycles. The van der Waals surface area contributed by atoms with Crippen LogP contribution in [0.4, 0.5) is 10.5 Å². The highest BCUT2D eigenvalue weighted by Gasteiger charge is 2.37. The van der Waals surface area contributed by atoms with Gasteiger partial charge in [-0.1, -0.05) is 23.8 Å². The molecule has 0 radical (unpaired) electrons. The number of allylic oxidation sites excluding steroid dienone is 1. The van der Waals surface area contributed by atoms with Gasteiger partial charge in [0.15, 0.2) is 5.75 Å². The molecule has 1 saturated heterocycles. The highest BCUT2D eigenvalue weighted by atomic mass is 35.5. The average molecular weight is 404 g/mol. The number of rotatable bonds is 3. The smallest absolute Gasteiger partial charge is 0.449 e. The van der Waals surface area contributed by atoms with E-state index in [-0.39, 0.29) is 11.8 Å². The van der Waals surface area contributed by atoms with Crippen molar-refractivity contribution >= 4 is 34.3 Å². The second-order valence-electron chi connectivity index (χ2n) is 7.34. The minimum absolute atomic E-state index is 0.0486. The number of pyridine rings is 1. The molecule has 0 spiro atoms. The van der Waals surface area contributed by atoms with Crippen molar-refractivity contribution in [3.63, 3.8) is 0 Å². The number of fused-ring (bicyclic) bond motifs is 2. The molecule has 3 N–H and O–H groups in total. The molecule has 2 aromatic rings. The Bertz CT molecular complexity index is 1030. The number of halogens is 1. The highest BCUT2D eigenvalue weighted by molar-refractivity contribution is 6.37. The molecule has 3 atom stereocenters. The number of nitrogens with two attached hydrogens (primary N) is 1. The third-order valence-electron chi connectivity index (χ3n) is 5.79. The van der Waals surface area contributed by atoms with E-state index in [9.17, 15) is 9.59 Å². The Morgan fingerprint density at radius 3 is 2.86 bits per heavy atom. The molecule has 0 bridgehead atoms. The number of ether oxygens (including phenoxy) is 1. The number of carbonyl (C=O) groups is 1. The summed E-state index contributed by atoms with van der Waals surface area (Å²) in [4.78, 5) is 25.8. The van der Waals surface area contributed by atoms with Gasteiger partial charge in [0, 0.05) is 25.7 Å². The minimum Gasteiger partial charge on any atom is -0.449 e. The molecule has 3 unspecified atom stereocenters. The summed E-state index contributed by atoms with van der Waals surface area (Å²) in [5.41, 5.74) is 7.22. The highest BCUT2D eigenvalue weighted by Crippen LogP contribution is 2.40. The van der Waals surface area contributed by atoms with E-state index in [2.05, 4.69) is 21.8 Å². The molecule has 7 nitrogen and oxygen atoms in total. The minimum atomic E-state index is -1.52. The van der Waals surface area contributed by atoms with Gasteiger partial charge in [-0.2, -0.15) is 0 Å². The lowest BCUT2D eigenvalue weighted by atomic mass is 9.83. The predicted molar refractivity (Wildman–Crippen MR) is 108 cm³/mol. The van der Waals surface area contributed by atoms with Gasteiger partial charge in [0.1, 0.15) is 0 Å². The van der Waals surface area contributed by atoms with Gasteiger partial charge in [0.25, 0.3) is 0 Å². The molecular weight excluding hydrogens is 382 g/mol. The summed E-state index contributed by atoms with van der Waals surface area (Å²) in [5.74, 6) is 0.651. The topological polar surface area (TPSA) is 97.8 Å². The van der Waals surface area contributed by atoms with E-state index < -0.39 is 11.6 Å². The maximum atomic E-state index is 12.7. The SMILES string of the molecule is CCn1cc(OC(=O)O)c(=O)c2ccc(N3CC4CC=CC(N)C4C3)c(Cl)c21. The molecule has 4 rings (SSSR count). The van der Waals surface area contributed by atoms with Crippen molar-refractivity contribution in [1.82, 2.24) is 4.57 Å². The quantitative estimate of drug-likeness (QED) is 0.603. The van der Waals surface area contributed by atoms with Crippen LogP contribution in [0.1, 0.15) is 13.3 Å². The first kappa shape index (κ1) is 18.8. The zero-order valence-corrected chi connectivity index (χ0v) is 16.2. The van der Waals surface area contributed by atoms with Crippen molar-refractivity contribution in [1.29, 1.82) is 0 Å². The van der Waals surface area contributed by atoms with Crippen LogP contribution >= 0.6 is 11.6 Å². The van der Waals surface area contributed by atoms with Crippen LogP contribution in [-0.2, 0) is 6.54 Å². The number of aromatic nitrogens is 1. The summed E-state index contributed by atoms with van der Waals surface area (Å²) in [7, 11) is 0. The molecule has 28 heavy (non-hydrogen) atoms. The van der Waals surface area contributed by atoms with E-state index in [1.807, 2.05) is 13.0 Å². The zero-order valence-electron chi connectivity index (χ0n) is 15.5. The van der Waals surface area contributed by atoms with Crippen molar-refractivity contribution in [2.75, 3.05) is 18.0 Å². The van der Waals surface area contributed by atoms with Crippen molar-refractivity contribution in [2.45, 2.75) is 25.9 Å². The van der Waals surface area contributed by atoms with Gasteiger partial charge in [-0.25, -0.2) is 4.79 Å². The van der Waals surface area contributed by atoms with Gasteiger partial charge in [0.2, 0.25) is 5.43 Å². The summed E-state index contributed by atoms with van der Waals surface area (Å²) in [6, 6.07) is 3.57. The van der Waals surface area contributed by atoms with Gasteiger partial charge in [-0.05, 0) is 37.3 Å². The van der Waals surface area contributed by atoms with E-state index in [1.165, 1.54) is 6.20 Å². The molecule has 1 aromatic heterocycles. The molecule has 0 saturated carbocycles.